The Bertz CT molecular complexity index is 606. The molecule has 0 spiro atoms. The summed E-state index contributed by atoms with van der Waals surface area (Å²) in [6.07, 6.45) is 27.5. The minimum Gasteiger partial charge on any atom is -0.507 e. The van der Waals surface area contributed by atoms with Crippen LogP contribution in [0, 0.1) is 0 Å². The van der Waals surface area contributed by atoms with Crippen molar-refractivity contribution in [2.75, 3.05) is 0 Å². The first-order chi connectivity index (χ1) is 15.2. The molecule has 0 aromatic heterocycles. The molecule has 0 atom stereocenters. The number of phenols is 1. The van der Waals surface area contributed by atoms with Crippen molar-refractivity contribution in [3.63, 3.8) is 0 Å². The van der Waals surface area contributed by atoms with E-state index in [1.165, 1.54) is 102 Å². The lowest BCUT2D eigenvalue weighted by atomic mass is 9.99. The van der Waals surface area contributed by atoms with E-state index in [2.05, 4.69) is 19.1 Å². The Morgan fingerprint density at radius 3 is 1.74 bits per heavy atom. The lowest BCUT2D eigenvalue weighted by Crippen LogP contribution is -2.03. The Hall–Kier alpha value is -1.77. The second-order valence-corrected chi connectivity index (χ2v) is 8.86. The molecule has 0 aliphatic rings. The van der Waals surface area contributed by atoms with Gasteiger partial charge in [0.05, 0.1) is 0 Å². The van der Waals surface area contributed by atoms with Gasteiger partial charge in [0.1, 0.15) is 11.3 Å². The third-order valence-corrected chi connectivity index (χ3v) is 6.05. The van der Waals surface area contributed by atoms with E-state index in [1.54, 1.807) is 6.07 Å². The topological polar surface area (TPSA) is 57.5 Å². The Labute approximate surface area is 191 Å². The fourth-order valence-corrected chi connectivity index (χ4v) is 4.14. The highest BCUT2D eigenvalue weighted by Gasteiger charge is 2.14. The quantitative estimate of drug-likeness (QED) is 0.160. The van der Waals surface area contributed by atoms with Crippen LogP contribution in [0.1, 0.15) is 132 Å². The summed E-state index contributed by atoms with van der Waals surface area (Å²) in [5.41, 5.74) is 0.817. The van der Waals surface area contributed by atoms with Crippen molar-refractivity contribution < 1.29 is 15.0 Å². The van der Waals surface area contributed by atoms with Gasteiger partial charge < -0.3 is 10.2 Å². The number of aromatic carboxylic acids is 1. The molecule has 1 aromatic carbocycles. The van der Waals surface area contributed by atoms with Crippen LogP contribution in [0.25, 0.3) is 0 Å². The molecule has 0 radical (unpaired) electrons. The first-order valence-electron chi connectivity index (χ1n) is 12.9. The predicted molar refractivity (Wildman–Crippen MR) is 132 cm³/mol. The highest BCUT2D eigenvalue weighted by atomic mass is 16.4. The van der Waals surface area contributed by atoms with Gasteiger partial charge in [-0.2, -0.15) is 0 Å². The summed E-state index contributed by atoms with van der Waals surface area (Å²) in [6, 6.07) is 4.99. The largest absolute Gasteiger partial charge is 0.507 e. The highest BCUT2D eigenvalue weighted by Crippen LogP contribution is 2.23. The van der Waals surface area contributed by atoms with Gasteiger partial charge in [0, 0.05) is 0 Å². The summed E-state index contributed by atoms with van der Waals surface area (Å²) < 4.78 is 0. The average molecular weight is 431 g/mol. The Kier molecular flexibility index (Phi) is 16.7. The van der Waals surface area contributed by atoms with Gasteiger partial charge in [-0.3, -0.25) is 0 Å². The third kappa shape index (κ3) is 14.0. The smallest absolute Gasteiger partial charge is 0.339 e. The van der Waals surface area contributed by atoms with Crippen LogP contribution in [0.15, 0.2) is 30.4 Å². The molecular weight excluding hydrogens is 384 g/mol. The second-order valence-electron chi connectivity index (χ2n) is 8.86. The molecule has 0 saturated carbocycles. The van der Waals surface area contributed by atoms with Crippen LogP contribution in [0.3, 0.4) is 0 Å². The number of unbranched alkanes of at least 4 members (excludes halogenated alkanes) is 15. The first kappa shape index (κ1) is 27.3. The number of aromatic hydroxyl groups is 1. The van der Waals surface area contributed by atoms with Crippen LogP contribution < -0.4 is 0 Å². The zero-order valence-electron chi connectivity index (χ0n) is 19.9. The van der Waals surface area contributed by atoms with E-state index in [4.69, 9.17) is 0 Å². The monoisotopic (exact) mass is 430 g/mol. The van der Waals surface area contributed by atoms with Crippen LogP contribution in [0.2, 0.25) is 0 Å². The molecular formula is C28H46O3. The van der Waals surface area contributed by atoms with Crippen molar-refractivity contribution in [1.82, 2.24) is 0 Å². The van der Waals surface area contributed by atoms with E-state index < -0.39 is 5.97 Å². The van der Waals surface area contributed by atoms with E-state index >= 15 is 0 Å². The number of hydrogen-bond donors (Lipinski definition) is 2. The summed E-state index contributed by atoms with van der Waals surface area (Å²) in [6.45, 7) is 2.26. The van der Waals surface area contributed by atoms with E-state index in [1.807, 2.05) is 6.07 Å². The van der Waals surface area contributed by atoms with Crippen LogP contribution >= 0.6 is 0 Å². The fraction of sp³-hybridized carbons (Fsp3) is 0.679. The van der Waals surface area contributed by atoms with Gasteiger partial charge in [-0.25, -0.2) is 4.79 Å². The minimum absolute atomic E-state index is 0.0707. The lowest BCUT2D eigenvalue weighted by molar-refractivity contribution is 0.0692. The zero-order valence-corrected chi connectivity index (χ0v) is 19.9. The molecule has 0 saturated heterocycles. The van der Waals surface area contributed by atoms with Gasteiger partial charge in [0.2, 0.25) is 0 Å². The SMILES string of the molecule is CCCCCC=CCCCCCCCCCCCCCCc1cccc(O)c1C(=O)O. The summed E-state index contributed by atoms with van der Waals surface area (Å²) in [7, 11) is 0. The molecule has 0 aliphatic heterocycles. The summed E-state index contributed by atoms with van der Waals surface area (Å²) in [4.78, 5) is 11.3. The molecule has 2 N–H and O–H groups in total. The molecule has 3 heteroatoms. The maximum Gasteiger partial charge on any atom is 0.339 e. The molecule has 1 rings (SSSR count). The number of benzene rings is 1. The third-order valence-electron chi connectivity index (χ3n) is 6.05. The second kappa shape index (κ2) is 19.0. The van der Waals surface area contributed by atoms with Crippen LogP contribution in [-0.4, -0.2) is 16.2 Å². The number of carboxylic acid groups (broad SMARTS) is 1. The van der Waals surface area contributed by atoms with Crippen molar-refractivity contribution in [1.29, 1.82) is 0 Å². The molecule has 0 fully saturated rings. The fourth-order valence-electron chi connectivity index (χ4n) is 4.14. The van der Waals surface area contributed by atoms with Crippen molar-refractivity contribution in [3.05, 3.63) is 41.5 Å². The average Bonchev–Trinajstić information content (AvgIpc) is 2.75. The maximum atomic E-state index is 11.3. The highest BCUT2D eigenvalue weighted by molar-refractivity contribution is 5.92. The predicted octanol–water partition coefficient (Wildman–Crippen LogP) is 8.84. The molecule has 31 heavy (non-hydrogen) atoms. The standard InChI is InChI=1S/C28H46O3/c1-2-3-4-5-6-7-8-9-10-11-12-13-14-15-16-17-18-19-20-22-25-23-21-24-26(29)27(25)28(30)31/h6-7,21,23-24,29H,2-5,8-20,22H2,1H3,(H,30,31). The van der Waals surface area contributed by atoms with E-state index in [0.717, 1.165) is 24.8 Å². The zero-order chi connectivity index (χ0) is 22.6. The molecule has 0 bridgehead atoms. The summed E-state index contributed by atoms with van der Waals surface area (Å²) in [5, 5.41) is 19.0. The normalized spacial score (nSPS) is 11.4. The maximum absolute atomic E-state index is 11.3. The lowest BCUT2D eigenvalue weighted by Gasteiger charge is -2.08. The van der Waals surface area contributed by atoms with Crippen molar-refractivity contribution in [3.8, 4) is 5.75 Å². The molecule has 0 unspecified atom stereocenters. The Morgan fingerprint density at radius 2 is 1.23 bits per heavy atom. The summed E-state index contributed by atoms with van der Waals surface area (Å²) >= 11 is 0. The van der Waals surface area contributed by atoms with Crippen LogP contribution in [0.4, 0.5) is 0 Å². The molecule has 3 nitrogen and oxygen atoms in total. The van der Waals surface area contributed by atoms with Crippen molar-refractivity contribution >= 4 is 5.97 Å². The molecule has 0 heterocycles. The van der Waals surface area contributed by atoms with Crippen LogP contribution in [-0.2, 0) is 6.42 Å². The van der Waals surface area contributed by atoms with E-state index in [0.29, 0.717) is 0 Å². The van der Waals surface area contributed by atoms with Crippen molar-refractivity contribution in [2.45, 2.75) is 122 Å². The van der Waals surface area contributed by atoms with Gasteiger partial charge in [-0.05, 0) is 50.2 Å². The number of carbonyl (C=O) groups is 1. The van der Waals surface area contributed by atoms with Gasteiger partial charge in [0.15, 0.2) is 0 Å². The molecule has 176 valence electrons. The first-order valence-corrected chi connectivity index (χ1v) is 12.9. The van der Waals surface area contributed by atoms with E-state index in [9.17, 15) is 15.0 Å². The van der Waals surface area contributed by atoms with Gasteiger partial charge in [-0.15, -0.1) is 0 Å². The van der Waals surface area contributed by atoms with Gasteiger partial charge >= 0.3 is 5.97 Å². The van der Waals surface area contributed by atoms with Gasteiger partial charge in [0.25, 0.3) is 0 Å². The minimum atomic E-state index is -1.04. The number of hydrogen-bond acceptors (Lipinski definition) is 2. The Morgan fingerprint density at radius 1 is 0.742 bits per heavy atom. The summed E-state index contributed by atoms with van der Waals surface area (Å²) in [5.74, 6) is -1.16. The molecule has 0 aliphatic carbocycles. The number of rotatable bonds is 20. The Balaban J connectivity index is 1.87. The number of carboxylic acids is 1. The number of aryl methyl sites for hydroxylation is 1. The van der Waals surface area contributed by atoms with E-state index in [-0.39, 0.29) is 11.3 Å². The molecule has 0 amide bonds. The number of allylic oxidation sites excluding steroid dienone is 2. The van der Waals surface area contributed by atoms with Crippen molar-refractivity contribution in [2.24, 2.45) is 0 Å². The van der Waals surface area contributed by atoms with Crippen LogP contribution in [0.5, 0.6) is 5.75 Å². The molecule has 1 aromatic rings. The van der Waals surface area contributed by atoms with Gasteiger partial charge in [-0.1, -0.05) is 108 Å².